The van der Waals surface area contributed by atoms with E-state index in [-0.39, 0.29) is 17.5 Å². The maximum Gasteiger partial charge on any atom is 0.215 e. The highest BCUT2D eigenvalue weighted by Gasteiger charge is 2.12. The molecule has 0 fully saturated rings. The summed E-state index contributed by atoms with van der Waals surface area (Å²) in [7, 11) is -3.40. The van der Waals surface area contributed by atoms with Gasteiger partial charge in [0.1, 0.15) is 5.82 Å². The molecule has 2 aromatic rings. The van der Waals surface area contributed by atoms with Crippen LogP contribution < -0.4 is 4.72 Å². The summed E-state index contributed by atoms with van der Waals surface area (Å²) < 4.78 is 39.4. The molecular formula is C17H20FNO2S. The van der Waals surface area contributed by atoms with Gasteiger partial charge in [0, 0.05) is 6.54 Å². The van der Waals surface area contributed by atoms with Crippen LogP contribution in [0.2, 0.25) is 0 Å². The van der Waals surface area contributed by atoms with Gasteiger partial charge in [0.15, 0.2) is 0 Å². The predicted molar refractivity (Wildman–Crippen MR) is 86.5 cm³/mol. The van der Waals surface area contributed by atoms with Crippen molar-refractivity contribution in [1.29, 1.82) is 0 Å². The standard InChI is InChI=1S/C17H20FNO2S/c1-14(16-5-3-2-4-6-16)11-12-19-22(20,21)13-15-7-9-17(18)10-8-15/h2-10,14,19H,11-13H2,1H3/t14-/m1/s1. The molecule has 0 aliphatic heterocycles. The Labute approximate surface area is 131 Å². The lowest BCUT2D eigenvalue weighted by molar-refractivity contribution is 0.571. The summed E-state index contributed by atoms with van der Waals surface area (Å²) in [5.41, 5.74) is 1.77. The van der Waals surface area contributed by atoms with E-state index in [4.69, 9.17) is 0 Å². The molecule has 0 bridgehead atoms. The summed E-state index contributed by atoms with van der Waals surface area (Å²) >= 11 is 0. The molecule has 22 heavy (non-hydrogen) atoms. The van der Waals surface area contributed by atoms with Gasteiger partial charge in [-0.2, -0.15) is 0 Å². The number of halogens is 1. The highest BCUT2D eigenvalue weighted by atomic mass is 32.2. The van der Waals surface area contributed by atoms with Gasteiger partial charge >= 0.3 is 0 Å². The van der Waals surface area contributed by atoms with E-state index in [0.717, 1.165) is 6.42 Å². The molecule has 0 aromatic heterocycles. The number of benzene rings is 2. The Kier molecular flexibility index (Phi) is 5.69. The van der Waals surface area contributed by atoms with Gasteiger partial charge in [-0.1, -0.05) is 49.4 Å². The third kappa shape index (κ3) is 5.24. The molecule has 1 atom stereocenters. The van der Waals surface area contributed by atoms with Crippen LogP contribution >= 0.6 is 0 Å². The Bertz CT molecular complexity index is 684. The van der Waals surface area contributed by atoms with Crippen molar-refractivity contribution in [3.05, 3.63) is 71.5 Å². The normalized spacial score (nSPS) is 13.0. The molecule has 0 amide bonds. The minimum atomic E-state index is -3.40. The molecule has 0 spiro atoms. The summed E-state index contributed by atoms with van der Waals surface area (Å²) in [6, 6.07) is 15.5. The minimum Gasteiger partial charge on any atom is -0.215 e. The second kappa shape index (κ2) is 7.51. The number of nitrogens with one attached hydrogen (secondary N) is 1. The largest absolute Gasteiger partial charge is 0.215 e. The van der Waals surface area contributed by atoms with Crippen LogP contribution in [0.15, 0.2) is 54.6 Å². The highest BCUT2D eigenvalue weighted by Crippen LogP contribution is 2.17. The fourth-order valence-corrected chi connectivity index (χ4v) is 3.39. The molecule has 1 N–H and O–H groups in total. The molecule has 2 rings (SSSR count). The van der Waals surface area contributed by atoms with Crippen LogP contribution in [0.4, 0.5) is 4.39 Å². The zero-order valence-electron chi connectivity index (χ0n) is 12.5. The molecule has 0 heterocycles. The zero-order valence-corrected chi connectivity index (χ0v) is 13.3. The topological polar surface area (TPSA) is 46.2 Å². The van der Waals surface area contributed by atoms with E-state index in [2.05, 4.69) is 11.6 Å². The van der Waals surface area contributed by atoms with Gasteiger partial charge in [-0.25, -0.2) is 17.5 Å². The number of sulfonamides is 1. The zero-order chi connectivity index (χ0) is 16.0. The molecule has 0 saturated heterocycles. The Morgan fingerprint density at radius 1 is 1.05 bits per heavy atom. The number of hydrogen-bond donors (Lipinski definition) is 1. The summed E-state index contributed by atoms with van der Waals surface area (Å²) in [6.07, 6.45) is 0.729. The van der Waals surface area contributed by atoms with Gasteiger partial charge in [-0.05, 0) is 35.6 Å². The second-order valence-corrected chi connectivity index (χ2v) is 7.19. The lowest BCUT2D eigenvalue weighted by Gasteiger charge is -2.12. The average molecular weight is 321 g/mol. The van der Waals surface area contributed by atoms with E-state index in [1.54, 1.807) is 0 Å². The molecule has 3 nitrogen and oxygen atoms in total. The summed E-state index contributed by atoms with van der Waals surface area (Å²) in [5.74, 6) is -0.215. The van der Waals surface area contributed by atoms with Crippen molar-refractivity contribution in [3.63, 3.8) is 0 Å². The van der Waals surface area contributed by atoms with E-state index < -0.39 is 10.0 Å². The van der Waals surface area contributed by atoms with E-state index in [0.29, 0.717) is 12.1 Å². The third-order valence-electron chi connectivity index (χ3n) is 3.54. The van der Waals surface area contributed by atoms with Gasteiger partial charge in [-0.15, -0.1) is 0 Å². The lowest BCUT2D eigenvalue weighted by atomic mass is 9.98. The van der Waals surface area contributed by atoms with Crippen molar-refractivity contribution in [2.75, 3.05) is 6.54 Å². The number of hydrogen-bond acceptors (Lipinski definition) is 2. The third-order valence-corrected chi connectivity index (χ3v) is 4.90. The SMILES string of the molecule is C[C@H](CCNS(=O)(=O)Cc1ccc(F)cc1)c1ccccc1. The lowest BCUT2D eigenvalue weighted by Crippen LogP contribution is -2.27. The first-order chi connectivity index (χ1) is 10.5. The first-order valence-corrected chi connectivity index (χ1v) is 8.88. The smallest absolute Gasteiger partial charge is 0.215 e. The van der Waals surface area contributed by atoms with E-state index in [1.807, 2.05) is 30.3 Å². The van der Waals surface area contributed by atoms with Gasteiger partial charge in [0.2, 0.25) is 10.0 Å². The summed E-state index contributed by atoms with van der Waals surface area (Å²) in [4.78, 5) is 0. The Morgan fingerprint density at radius 3 is 2.32 bits per heavy atom. The van der Waals surface area contributed by atoms with Gasteiger partial charge in [-0.3, -0.25) is 0 Å². The van der Waals surface area contributed by atoms with Gasteiger partial charge < -0.3 is 0 Å². The van der Waals surface area contributed by atoms with Crippen molar-refractivity contribution >= 4 is 10.0 Å². The van der Waals surface area contributed by atoms with Crippen molar-refractivity contribution < 1.29 is 12.8 Å². The first kappa shape index (κ1) is 16.6. The number of rotatable bonds is 7. The Balaban J connectivity index is 1.84. The van der Waals surface area contributed by atoms with E-state index in [9.17, 15) is 12.8 Å². The Hall–Kier alpha value is -1.72. The van der Waals surface area contributed by atoms with E-state index >= 15 is 0 Å². The van der Waals surface area contributed by atoms with Crippen LogP contribution in [0, 0.1) is 5.82 Å². The molecule has 0 aliphatic rings. The van der Waals surface area contributed by atoms with Crippen molar-refractivity contribution in [3.8, 4) is 0 Å². The molecule has 0 saturated carbocycles. The summed E-state index contributed by atoms with van der Waals surface area (Å²) in [6.45, 7) is 2.46. The monoisotopic (exact) mass is 321 g/mol. The molecule has 0 aliphatic carbocycles. The molecule has 0 unspecified atom stereocenters. The molecule has 0 radical (unpaired) electrons. The minimum absolute atomic E-state index is 0.132. The van der Waals surface area contributed by atoms with Crippen LogP contribution in [-0.2, 0) is 15.8 Å². The van der Waals surface area contributed by atoms with Crippen molar-refractivity contribution in [2.24, 2.45) is 0 Å². The summed E-state index contributed by atoms with van der Waals surface area (Å²) in [5, 5.41) is 0. The van der Waals surface area contributed by atoms with Crippen molar-refractivity contribution in [2.45, 2.75) is 25.0 Å². The van der Waals surface area contributed by atoms with Gasteiger partial charge in [0.05, 0.1) is 5.75 Å². The highest BCUT2D eigenvalue weighted by molar-refractivity contribution is 7.88. The van der Waals surface area contributed by atoms with E-state index in [1.165, 1.54) is 29.8 Å². The Morgan fingerprint density at radius 2 is 1.68 bits per heavy atom. The maximum atomic E-state index is 12.8. The molecular weight excluding hydrogens is 301 g/mol. The van der Waals surface area contributed by atoms with Crippen LogP contribution in [0.5, 0.6) is 0 Å². The molecule has 5 heteroatoms. The average Bonchev–Trinajstić information content (AvgIpc) is 2.50. The predicted octanol–water partition coefficient (Wildman–Crippen LogP) is 3.44. The van der Waals surface area contributed by atoms with Crippen LogP contribution in [0.25, 0.3) is 0 Å². The maximum absolute atomic E-state index is 12.8. The fourth-order valence-electron chi connectivity index (χ4n) is 2.23. The van der Waals surface area contributed by atoms with Crippen LogP contribution in [0.3, 0.4) is 0 Å². The van der Waals surface area contributed by atoms with Crippen molar-refractivity contribution in [1.82, 2.24) is 4.72 Å². The fraction of sp³-hybridized carbons (Fsp3) is 0.294. The van der Waals surface area contributed by atoms with Crippen LogP contribution in [-0.4, -0.2) is 15.0 Å². The quantitative estimate of drug-likeness (QED) is 0.849. The molecule has 2 aromatic carbocycles. The first-order valence-electron chi connectivity index (χ1n) is 7.23. The van der Waals surface area contributed by atoms with Gasteiger partial charge in [0.25, 0.3) is 0 Å². The van der Waals surface area contributed by atoms with Crippen LogP contribution in [0.1, 0.15) is 30.4 Å². The molecule has 118 valence electrons. The second-order valence-electron chi connectivity index (χ2n) is 5.38.